The third-order valence-electron chi connectivity index (χ3n) is 7.26. The van der Waals surface area contributed by atoms with Crippen LogP contribution in [-0.2, 0) is 14.4 Å². The normalized spacial score (nSPS) is 18.0. The van der Waals surface area contributed by atoms with Crippen LogP contribution in [0.1, 0.15) is 125 Å². The molecule has 0 spiro atoms. The molecule has 0 atom stereocenters. The third kappa shape index (κ3) is 5.89. The van der Waals surface area contributed by atoms with Crippen LogP contribution >= 0.6 is 0 Å². The number of Topliss-reactive ketones (excluding diaryl/α,β-unsaturated/α-hetero) is 3. The van der Waals surface area contributed by atoms with Crippen LogP contribution in [0.25, 0.3) is 0 Å². The maximum atomic E-state index is 13.3. The van der Waals surface area contributed by atoms with Gasteiger partial charge >= 0.3 is 0 Å². The van der Waals surface area contributed by atoms with E-state index in [0.29, 0.717) is 37.7 Å². The van der Waals surface area contributed by atoms with Crippen LogP contribution in [0.15, 0.2) is 11.6 Å². The number of unbranched alkanes of at least 4 members (excludes halogenated alkanes) is 8. The molecular formula is C26H44O3. The Balaban J connectivity index is 2.73. The predicted molar refractivity (Wildman–Crippen MR) is 121 cm³/mol. The predicted octanol–water partition coefficient (Wildman–Crippen LogP) is 7.17. The van der Waals surface area contributed by atoms with E-state index in [1.165, 1.54) is 38.5 Å². The number of carbonyl (C=O) groups excluding carboxylic acids is 3. The summed E-state index contributed by atoms with van der Waals surface area (Å²) in [5.74, 6) is -0.237. The smallest absolute Gasteiger partial charge is 0.179 e. The van der Waals surface area contributed by atoms with Crippen LogP contribution in [0.4, 0.5) is 0 Å². The molecule has 3 heteroatoms. The fourth-order valence-electron chi connectivity index (χ4n) is 4.85. The molecule has 29 heavy (non-hydrogen) atoms. The molecule has 0 N–H and O–H groups in total. The molecule has 0 unspecified atom stereocenters. The topological polar surface area (TPSA) is 51.2 Å². The van der Waals surface area contributed by atoms with Crippen molar-refractivity contribution in [1.82, 2.24) is 0 Å². The first-order chi connectivity index (χ1) is 13.9. The molecule has 166 valence electrons. The van der Waals surface area contributed by atoms with Crippen molar-refractivity contribution in [2.45, 2.75) is 125 Å². The Morgan fingerprint density at radius 2 is 1.21 bits per heavy atom. The lowest BCUT2D eigenvalue weighted by molar-refractivity contribution is -0.147. The number of allylic oxidation sites excluding steroid dienone is 2. The first-order valence-corrected chi connectivity index (χ1v) is 12.2. The van der Waals surface area contributed by atoms with E-state index >= 15 is 0 Å². The van der Waals surface area contributed by atoms with Gasteiger partial charge in [0.15, 0.2) is 17.3 Å². The van der Waals surface area contributed by atoms with Gasteiger partial charge in [-0.2, -0.15) is 0 Å². The van der Waals surface area contributed by atoms with Gasteiger partial charge in [0.2, 0.25) is 0 Å². The maximum Gasteiger partial charge on any atom is 0.179 e. The highest BCUT2D eigenvalue weighted by Gasteiger charge is 2.55. The average molecular weight is 405 g/mol. The van der Waals surface area contributed by atoms with Crippen molar-refractivity contribution < 1.29 is 14.4 Å². The second kappa shape index (κ2) is 12.4. The molecule has 0 saturated carbocycles. The van der Waals surface area contributed by atoms with Gasteiger partial charge in [0.05, 0.1) is 11.0 Å². The van der Waals surface area contributed by atoms with Crippen molar-refractivity contribution in [3.63, 3.8) is 0 Å². The van der Waals surface area contributed by atoms with Gasteiger partial charge in [-0.15, -0.1) is 0 Å². The zero-order chi connectivity index (χ0) is 21.9. The summed E-state index contributed by atoms with van der Waals surface area (Å²) < 4.78 is 0. The summed E-state index contributed by atoms with van der Waals surface area (Å²) in [6, 6.07) is 0. The van der Waals surface area contributed by atoms with Crippen LogP contribution in [-0.4, -0.2) is 17.3 Å². The van der Waals surface area contributed by atoms with Gasteiger partial charge in [0.25, 0.3) is 0 Å². The number of hydrogen-bond donors (Lipinski definition) is 0. The van der Waals surface area contributed by atoms with Crippen molar-refractivity contribution in [3.8, 4) is 0 Å². The SMILES string of the molecule is CCCCCCCCCCCC(=O)C1=CC(CC)(CC)C(=O)C(CC)(CC)C1=O. The lowest BCUT2D eigenvalue weighted by Crippen LogP contribution is -2.52. The van der Waals surface area contributed by atoms with E-state index < -0.39 is 10.8 Å². The van der Waals surface area contributed by atoms with E-state index in [0.717, 1.165) is 19.3 Å². The van der Waals surface area contributed by atoms with Crippen LogP contribution in [0.5, 0.6) is 0 Å². The molecule has 0 radical (unpaired) electrons. The molecule has 0 aromatic heterocycles. The molecule has 0 aromatic rings. The quantitative estimate of drug-likeness (QED) is 0.165. The Bertz CT molecular complexity index is 577. The molecule has 0 fully saturated rings. The first kappa shape index (κ1) is 25.8. The van der Waals surface area contributed by atoms with Crippen LogP contribution in [0.3, 0.4) is 0 Å². The first-order valence-electron chi connectivity index (χ1n) is 12.2. The monoisotopic (exact) mass is 404 g/mol. The second-order valence-corrected chi connectivity index (χ2v) is 8.87. The maximum absolute atomic E-state index is 13.3. The summed E-state index contributed by atoms with van der Waals surface area (Å²) in [6.45, 7) is 10.0. The molecule has 0 bridgehead atoms. The molecule has 0 amide bonds. The Morgan fingerprint density at radius 1 is 0.724 bits per heavy atom. The van der Waals surface area contributed by atoms with Crippen molar-refractivity contribution in [2.24, 2.45) is 10.8 Å². The fraction of sp³-hybridized carbons (Fsp3) is 0.808. The van der Waals surface area contributed by atoms with E-state index in [-0.39, 0.29) is 17.3 Å². The van der Waals surface area contributed by atoms with Crippen LogP contribution in [0, 0.1) is 10.8 Å². The summed E-state index contributed by atoms with van der Waals surface area (Å²) in [6.07, 6.45) is 15.2. The minimum Gasteiger partial charge on any atom is -0.298 e. The summed E-state index contributed by atoms with van der Waals surface area (Å²) in [4.78, 5) is 39.5. The molecular weight excluding hydrogens is 360 g/mol. The number of rotatable bonds is 15. The zero-order valence-electron chi connectivity index (χ0n) is 19.7. The van der Waals surface area contributed by atoms with Crippen LogP contribution < -0.4 is 0 Å². The molecule has 0 aromatic carbocycles. The van der Waals surface area contributed by atoms with E-state index in [4.69, 9.17) is 0 Å². The van der Waals surface area contributed by atoms with Crippen LogP contribution in [0.2, 0.25) is 0 Å². The molecule has 1 aliphatic rings. The van der Waals surface area contributed by atoms with Gasteiger partial charge < -0.3 is 0 Å². The Kier molecular flexibility index (Phi) is 11.1. The summed E-state index contributed by atoms with van der Waals surface area (Å²) >= 11 is 0. The van der Waals surface area contributed by atoms with Crippen molar-refractivity contribution in [2.75, 3.05) is 0 Å². The van der Waals surface area contributed by atoms with E-state index in [1.807, 2.05) is 27.7 Å². The highest BCUT2D eigenvalue weighted by molar-refractivity contribution is 6.30. The Hall–Kier alpha value is -1.25. The van der Waals surface area contributed by atoms with Gasteiger partial charge in [-0.3, -0.25) is 14.4 Å². The van der Waals surface area contributed by atoms with E-state index in [1.54, 1.807) is 6.08 Å². The van der Waals surface area contributed by atoms with Crippen molar-refractivity contribution in [3.05, 3.63) is 11.6 Å². The minimum atomic E-state index is -1.01. The van der Waals surface area contributed by atoms with Gasteiger partial charge in [0, 0.05) is 11.8 Å². The fourth-order valence-corrected chi connectivity index (χ4v) is 4.85. The van der Waals surface area contributed by atoms with Crippen molar-refractivity contribution >= 4 is 17.3 Å². The molecule has 1 rings (SSSR count). The summed E-state index contributed by atoms with van der Waals surface area (Å²) in [5.41, 5.74) is -1.36. The number of hydrogen-bond acceptors (Lipinski definition) is 3. The van der Waals surface area contributed by atoms with Gasteiger partial charge in [-0.25, -0.2) is 0 Å². The highest BCUT2D eigenvalue weighted by Crippen LogP contribution is 2.47. The number of ketones is 3. The third-order valence-corrected chi connectivity index (χ3v) is 7.26. The van der Waals surface area contributed by atoms with Gasteiger partial charge in [-0.1, -0.05) is 92.1 Å². The highest BCUT2D eigenvalue weighted by atomic mass is 16.2. The summed E-state index contributed by atoms with van der Waals surface area (Å²) in [7, 11) is 0. The Morgan fingerprint density at radius 3 is 1.66 bits per heavy atom. The van der Waals surface area contributed by atoms with Crippen molar-refractivity contribution in [1.29, 1.82) is 0 Å². The van der Waals surface area contributed by atoms with Gasteiger partial charge in [0.1, 0.15) is 0 Å². The van der Waals surface area contributed by atoms with Gasteiger partial charge in [-0.05, 0) is 32.1 Å². The lowest BCUT2D eigenvalue weighted by atomic mass is 9.57. The average Bonchev–Trinajstić information content (AvgIpc) is 2.74. The molecule has 0 aliphatic heterocycles. The largest absolute Gasteiger partial charge is 0.298 e. The summed E-state index contributed by atoms with van der Waals surface area (Å²) in [5, 5.41) is 0. The van der Waals surface area contributed by atoms with E-state index in [2.05, 4.69) is 6.92 Å². The van der Waals surface area contributed by atoms with E-state index in [9.17, 15) is 14.4 Å². The number of carbonyl (C=O) groups is 3. The molecule has 3 nitrogen and oxygen atoms in total. The zero-order valence-corrected chi connectivity index (χ0v) is 19.7. The standard InChI is InChI=1S/C26H44O3/c1-6-11-12-13-14-15-16-17-18-19-22(27)21-20-25(7-2,8-3)24(29)26(9-4,10-5)23(21)28/h20H,6-19H2,1-5H3. The minimum absolute atomic E-state index is 0.0321. The molecule has 0 heterocycles. The molecule has 0 saturated heterocycles. The second-order valence-electron chi connectivity index (χ2n) is 8.87. The Labute approximate surface area is 179 Å². The molecule has 1 aliphatic carbocycles. The lowest BCUT2D eigenvalue weighted by Gasteiger charge is -2.42.